The zero-order valence-corrected chi connectivity index (χ0v) is 16.0. The Morgan fingerprint density at radius 1 is 1.38 bits per heavy atom. The van der Waals surface area contributed by atoms with Gasteiger partial charge in [-0.3, -0.25) is 4.99 Å². The second-order valence-corrected chi connectivity index (χ2v) is 8.43. The number of aliphatic imine (C=N–C) groups is 1. The number of nitrogens with zero attached hydrogens (tertiary/aromatic N) is 3. The third kappa shape index (κ3) is 4.09. The number of aryl methyl sites for hydroxylation is 2. The molecule has 24 heavy (non-hydrogen) atoms. The lowest BCUT2D eigenvalue weighted by Crippen LogP contribution is -2.53. The highest BCUT2D eigenvalue weighted by Gasteiger charge is 2.38. The molecule has 5 nitrogen and oxygen atoms in total. The smallest absolute Gasteiger partial charge is 0.193 e. The molecule has 3 heterocycles. The minimum absolute atomic E-state index is 0.347. The summed E-state index contributed by atoms with van der Waals surface area (Å²) >= 11 is 1.81. The Bertz CT molecular complexity index is 572. The van der Waals surface area contributed by atoms with Gasteiger partial charge in [-0.05, 0) is 39.5 Å². The van der Waals surface area contributed by atoms with E-state index in [1.165, 1.54) is 36.3 Å². The zero-order chi connectivity index (χ0) is 17.0. The summed E-state index contributed by atoms with van der Waals surface area (Å²) in [5, 5.41) is 4.71. The van der Waals surface area contributed by atoms with Gasteiger partial charge in [0.25, 0.3) is 0 Å². The largest absolute Gasteiger partial charge is 0.381 e. The molecule has 0 radical (unpaired) electrons. The molecule has 6 heteroatoms. The predicted molar refractivity (Wildman–Crippen MR) is 99.9 cm³/mol. The number of rotatable bonds is 3. The van der Waals surface area contributed by atoms with Crippen LogP contribution in [0.5, 0.6) is 0 Å². The lowest BCUT2D eigenvalue weighted by Gasteiger charge is -2.45. The summed E-state index contributed by atoms with van der Waals surface area (Å²) in [6.45, 7) is 9.11. The second-order valence-electron chi connectivity index (χ2n) is 7.15. The van der Waals surface area contributed by atoms with E-state index in [-0.39, 0.29) is 0 Å². The number of hydrogen-bond acceptors (Lipinski definition) is 4. The van der Waals surface area contributed by atoms with Crippen molar-refractivity contribution in [1.29, 1.82) is 0 Å². The first-order valence-electron chi connectivity index (χ1n) is 9.08. The molecule has 3 rings (SSSR count). The number of thiazole rings is 1. The molecule has 1 aromatic rings. The standard InChI is InChI=1S/C18H30N4OS/c1-14-16(24-15(2)21-14)6-9-20-17(19-3)22-10-4-7-18(12-22)8-5-11-23-13-18/h4-13H2,1-3H3,(H,19,20). The van der Waals surface area contributed by atoms with Crippen molar-refractivity contribution in [3.8, 4) is 0 Å². The summed E-state index contributed by atoms with van der Waals surface area (Å²) in [5.41, 5.74) is 1.52. The molecule has 0 aliphatic carbocycles. The van der Waals surface area contributed by atoms with Crippen LogP contribution in [0.2, 0.25) is 0 Å². The Morgan fingerprint density at radius 2 is 2.21 bits per heavy atom. The van der Waals surface area contributed by atoms with Crippen molar-refractivity contribution in [2.45, 2.75) is 46.0 Å². The number of likely N-dealkylation sites (tertiary alicyclic amines) is 1. The third-order valence-corrected chi connectivity index (χ3v) is 6.34. The van der Waals surface area contributed by atoms with E-state index < -0.39 is 0 Å². The van der Waals surface area contributed by atoms with Crippen molar-refractivity contribution in [2.75, 3.05) is 39.9 Å². The molecule has 2 aliphatic rings. The molecular formula is C18H30N4OS. The maximum atomic E-state index is 5.79. The van der Waals surface area contributed by atoms with Gasteiger partial charge >= 0.3 is 0 Å². The van der Waals surface area contributed by atoms with Crippen LogP contribution in [0.25, 0.3) is 0 Å². The van der Waals surface area contributed by atoms with Crippen molar-refractivity contribution >= 4 is 17.3 Å². The summed E-state index contributed by atoms with van der Waals surface area (Å²) in [6.07, 6.45) is 6.03. The highest BCUT2D eigenvalue weighted by atomic mass is 32.1. The lowest BCUT2D eigenvalue weighted by molar-refractivity contribution is -0.0370. The van der Waals surface area contributed by atoms with Crippen molar-refractivity contribution in [2.24, 2.45) is 10.4 Å². The summed E-state index contributed by atoms with van der Waals surface area (Å²) in [4.78, 5) is 12.9. The van der Waals surface area contributed by atoms with Gasteiger partial charge in [0.15, 0.2) is 5.96 Å². The van der Waals surface area contributed by atoms with Gasteiger partial charge in [0.1, 0.15) is 0 Å². The Labute approximate surface area is 149 Å². The van der Waals surface area contributed by atoms with Gasteiger partial charge in [-0.15, -0.1) is 11.3 Å². The van der Waals surface area contributed by atoms with Crippen molar-refractivity contribution in [1.82, 2.24) is 15.2 Å². The highest BCUT2D eigenvalue weighted by molar-refractivity contribution is 7.11. The molecule has 1 atom stereocenters. The van der Waals surface area contributed by atoms with E-state index >= 15 is 0 Å². The average Bonchev–Trinajstić information content (AvgIpc) is 2.90. The second kappa shape index (κ2) is 7.83. The first-order valence-corrected chi connectivity index (χ1v) is 9.90. The number of nitrogens with one attached hydrogen (secondary N) is 1. The maximum absolute atomic E-state index is 5.79. The normalized spacial score (nSPS) is 25.3. The first-order chi connectivity index (χ1) is 11.6. The van der Waals surface area contributed by atoms with Crippen LogP contribution in [-0.4, -0.2) is 55.7 Å². The van der Waals surface area contributed by atoms with Crippen LogP contribution in [0.4, 0.5) is 0 Å². The molecule has 0 saturated carbocycles. The van der Waals surface area contributed by atoms with Gasteiger partial charge < -0.3 is 15.0 Å². The number of aromatic nitrogens is 1. The Kier molecular flexibility index (Phi) is 5.76. The van der Waals surface area contributed by atoms with Crippen LogP contribution in [0, 0.1) is 19.3 Å². The van der Waals surface area contributed by atoms with E-state index in [1.807, 2.05) is 7.05 Å². The van der Waals surface area contributed by atoms with Gasteiger partial charge in [-0.1, -0.05) is 0 Å². The minimum Gasteiger partial charge on any atom is -0.381 e. The van der Waals surface area contributed by atoms with Gasteiger partial charge in [0, 0.05) is 50.0 Å². The zero-order valence-electron chi connectivity index (χ0n) is 15.2. The molecule has 2 aliphatic heterocycles. The van der Waals surface area contributed by atoms with Crippen LogP contribution < -0.4 is 5.32 Å². The van der Waals surface area contributed by atoms with Crippen molar-refractivity contribution in [3.05, 3.63) is 15.6 Å². The average molecular weight is 351 g/mol. The molecule has 0 amide bonds. The Balaban J connectivity index is 1.54. The summed E-state index contributed by atoms with van der Waals surface area (Å²) in [7, 11) is 1.89. The summed E-state index contributed by atoms with van der Waals surface area (Å²) in [6, 6.07) is 0. The fourth-order valence-electron chi connectivity index (χ4n) is 4.05. The van der Waals surface area contributed by atoms with Crippen LogP contribution in [0.1, 0.15) is 41.3 Å². The molecule has 1 N–H and O–H groups in total. The van der Waals surface area contributed by atoms with Crippen LogP contribution >= 0.6 is 11.3 Å². The molecule has 134 valence electrons. The first kappa shape index (κ1) is 17.7. The van der Waals surface area contributed by atoms with E-state index in [0.717, 1.165) is 50.2 Å². The highest BCUT2D eigenvalue weighted by Crippen LogP contribution is 2.37. The van der Waals surface area contributed by atoms with Gasteiger partial charge in [-0.25, -0.2) is 4.98 Å². The Hall–Kier alpha value is -1.14. The van der Waals surface area contributed by atoms with Crippen LogP contribution in [-0.2, 0) is 11.2 Å². The van der Waals surface area contributed by atoms with E-state index in [1.54, 1.807) is 11.3 Å². The molecule has 1 unspecified atom stereocenters. The molecule has 1 spiro atoms. The van der Waals surface area contributed by atoms with Crippen LogP contribution in [0.3, 0.4) is 0 Å². The van der Waals surface area contributed by atoms with E-state index in [4.69, 9.17) is 4.74 Å². The van der Waals surface area contributed by atoms with Crippen LogP contribution in [0.15, 0.2) is 4.99 Å². The monoisotopic (exact) mass is 350 g/mol. The molecular weight excluding hydrogens is 320 g/mol. The predicted octanol–water partition coefficient (Wildman–Crippen LogP) is 2.77. The number of guanidine groups is 1. The maximum Gasteiger partial charge on any atom is 0.193 e. The van der Waals surface area contributed by atoms with E-state index in [2.05, 4.69) is 34.0 Å². The van der Waals surface area contributed by atoms with Gasteiger partial charge in [0.2, 0.25) is 0 Å². The van der Waals surface area contributed by atoms with Gasteiger partial charge in [-0.2, -0.15) is 0 Å². The van der Waals surface area contributed by atoms with Gasteiger partial charge in [0.05, 0.1) is 17.3 Å². The van der Waals surface area contributed by atoms with Crippen molar-refractivity contribution < 1.29 is 4.74 Å². The fraction of sp³-hybridized carbons (Fsp3) is 0.778. The van der Waals surface area contributed by atoms with Crippen molar-refractivity contribution in [3.63, 3.8) is 0 Å². The Morgan fingerprint density at radius 3 is 2.88 bits per heavy atom. The molecule has 0 bridgehead atoms. The molecule has 2 saturated heterocycles. The van der Waals surface area contributed by atoms with E-state index in [9.17, 15) is 0 Å². The van der Waals surface area contributed by atoms with E-state index in [0.29, 0.717) is 5.41 Å². The number of piperidine rings is 1. The topological polar surface area (TPSA) is 49.8 Å². The lowest BCUT2D eigenvalue weighted by atomic mass is 9.76. The fourth-order valence-corrected chi connectivity index (χ4v) is 4.98. The molecule has 0 aromatic carbocycles. The third-order valence-electron chi connectivity index (χ3n) is 5.21. The minimum atomic E-state index is 0.347. The quantitative estimate of drug-likeness (QED) is 0.673. The SMILES string of the molecule is CN=C(NCCc1sc(C)nc1C)N1CCCC2(CCCOC2)C1. The molecule has 2 fully saturated rings. The summed E-state index contributed by atoms with van der Waals surface area (Å²) in [5.74, 6) is 1.04. The number of hydrogen-bond donors (Lipinski definition) is 1. The number of ether oxygens (including phenoxy) is 1. The molecule has 1 aromatic heterocycles. The summed E-state index contributed by atoms with van der Waals surface area (Å²) < 4.78 is 5.79.